The summed E-state index contributed by atoms with van der Waals surface area (Å²) in [6.07, 6.45) is 1.12. The number of hydrogen-bond donors (Lipinski definition) is 0. The van der Waals surface area contributed by atoms with E-state index in [2.05, 4.69) is 40.1 Å². The van der Waals surface area contributed by atoms with Crippen molar-refractivity contribution >= 4 is 11.6 Å². The van der Waals surface area contributed by atoms with Gasteiger partial charge in [-0.2, -0.15) is 0 Å². The average Bonchev–Trinajstić information content (AvgIpc) is 3.09. The second kappa shape index (κ2) is 7.65. The normalized spacial score (nSPS) is 17.8. The quantitative estimate of drug-likeness (QED) is 0.817. The van der Waals surface area contributed by atoms with Crippen LogP contribution >= 0.6 is 11.6 Å². The molecule has 0 amide bonds. The molecule has 1 saturated heterocycles. The van der Waals surface area contributed by atoms with Gasteiger partial charge in [-0.15, -0.1) is 0 Å². The zero-order valence-corrected chi connectivity index (χ0v) is 15.0. The minimum Gasteiger partial charge on any atom is -0.454 e. The molecule has 0 spiro atoms. The molecule has 1 fully saturated rings. The van der Waals surface area contributed by atoms with Gasteiger partial charge in [0.1, 0.15) is 0 Å². The molecular weight excluding hydrogens is 336 g/mol. The minimum atomic E-state index is 0.287. The summed E-state index contributed by atoms with van der Waals surface area (Å²) in [5.41, 5.74) is 2.53. The predicted octanol–water partition coefficient (Wildman–Crippen LogP) is 3.43. The van der Waals surface area contributed by atoms with E-state index in [0.29, 0.717) is 0 Å². The molecule has 0 radical (unpaired) electrons. The van der Waals surface area contributed by atoms with Gasteiger partial charge < -0.3 is 14.4 Å². The first-order valence-corrected chi connectivity index (χ1v) is 9.22. The van der Waals surface area contributed by atoms with Crippen LogP contribution in [0.25, 0.3) is 0 Å². The second-order valence-corrected chi connectivity index (χ2v) is 7.06. The monoisotopic (exact) mass is 358 g/mol. The van der Waals surface area contributed by atoms with Crippen LogP contribution in [-0.4, -0.2) is 49.3 Å². The van der Waals surface area contributed by atoms with Crippen LogP contribution in [0.1, 0.15) is 11.1 Å². The number of nitrogens with zero attached hydrogens (tertiary/aromatic N) is 2. The van der Waals surface area contributed by atoms with E-state index in [9.17, 15) is 0 Å². The first kappa shape index (κ1) is 16.7. The van der Waals surface area contributed by atoms with Gasteiger partial charge in [-0.05, 0) is 23.6 Å². The summed E-state index contributed by atoms with van der Waals surface area (Å²) < 4.78 is 10.8. The van der Waals surface area contributed by atoms with Crippen LogP contribution in [0.3, 0.4) is 0 Å². The summed E-state index contributed by atoms with van der Waals surface area (Å²) in [4.78, 5) is 5.01. The van der Waals surface area contributed by atoms with Crippen molar-refractivity contribution in [1.29, 1.82) is 0 Å². The topological polar surface area (TPSA) is 24.9 Å². The molecule has 4 rings (SSSR count). The van der Waals surface area contributed by atoms with Crippen LogP contribution in [-0.2, 0) is 13.0 Å². The summed E-state index contributed by atoms with van der Waals surface area (Å²) in [6, 6.07) is 14.6. The third-order valence-electron chi connectivity index (χ3n) is 4.96. The SMILES string of the molecule is Clc1cc2c(cc1CN1CCN(CCc3ccccc3)CC1)OCO2. The molecule has 25 heavy (non-hydrogen) atoms. The van der Waals surface area contributed by atoms with Crippen molar-refractivity contribution in [3.63, 3.8) is 0 Å². The standard InChI is InChI=1S/C20H23ClN2O2/c21-18-13-20-19(24-15-25-20)12-17(18)14-23-10-8-22(9-11-23)7-6-16-4-2-1-3-5-16/h1-5,12-13H,6-11,14-15H2. The smallest absolute Gasteiger partial charge is 0.231 e. The van der Waals surface area contributed by atoms with Gasteiger partial charge in [0.25, 0.3) is 0 Å². The first-order chi connectivity index (χ1) is 12.3. The van der Waals surface area contributed by atoms with Crippen molar-refractivity contribution < 1.29 is 9.47 Å². The van der Waals surface area contributed by atoms with E-state index in [0.717, 1.165) is 67.8 Å². The number of benzene rings is 2. The molecule has 0 N–H and O–H groups in total. The number of ether oxygens (including phenoxy) is 2. The lowest BCUT2D eigenvalue weighted by Gasteiger charge is -2.34. The maximum atomic E-state index is 6.40. The molecule has 0 aliphatic carbocycles. The highest BCUT2D eigenvalue weighted by Gasteiger charge is 2.20. The first-order valence-electron chi connectivity index (χ1n) is 8.84. The summed E-state index contributed by atoms with van der Waals surface area (Å²) in [5, 5.41) is 0.760. The summed E-state index contributed by atoms with van der Waals surface area (Å²) in [5.74, 6) is 1.56. The van der Waals surface area contributed by atoms with Gasteiger partial charge in [-0.1, -0.05) is 41.9 Å². The van der Waals surface area contributed by atoms with Crippen molar-refractivity contribution in [2.75, 3.05) is 39.5 Å². The van der Waals surface area contributed by atoms with Crippen molar-refractivity contribution in [2.45, 2.75) is 13.0 Å². The fourth-order valence-corrected chi connectivity index (χ4v) is 3.64. The minimum absolute atomic E-state index is 0.287. The Morgan fingerprint density at radius 2 is 1.56 bits per heavy atom. The summed E-state index contributed by atoms with van der Waals surface area (Å²) in [7, 11) is 0. The maximum absolute atomic E-state index is 6.40. The van der Waals surface area contributed by atoms with Crippen LogP contribution in [0, 0.1) is 0 Å². The predicted molar refractivity (Wildman–Crippen MR) is 99.4 cm³/mol. The number of halogens is 1. The van der Waals surface area contributed by atoms with Crippen LogP contribution in [0.2, 0.25) is 5.02 Å². The van der Waals surface area contributed by atoms with Gasteiger partial charge >= 0.3 is 0 Å². The molecule has 0 atom stereocenters. The fraction of sp³-hybridized carbons (Fsp3) is 0.400. The molecule has 4 nitrogen and oxygen atoms in total. The molecular formula is C20H23ClN2O2. The van der Waals surface area contributed by atoms with Crippen LogP contribution in [0.4, 0.5) is 0 Å². The lowest BCUT2D eigenvalue weighted by molar-refractivity contribution is 0.128. The van der Waals surface area contributed by atoms with Gasteiger partial charge in [0.05, 0.1) is 0 Å². The van der Waals surface area contributed by atoms with Gasteiger partial charge in [-0.25, -0.2) is 0 Å². The van der Waals surface area contributed by atoms with Gasteiger partial charge in [0.2, 0.25) is 6.79 Å². The molecule has 2 aliphatic heterocycles. The molecule has 2 heterocycles. The molecule has 2 aromatic rings. The molecule has 5 heteroatoms. The highest BCUT2D eigenvalue weighted by Crippen LogP contribution is 2.37. The summed E-state index contributed by atoms with van der Waals surface area (Å²) in [6.45, 7) is 6.63. The van der Waals surface area contributed by atoms with E-state index >= 15 is 0 Å². The molecule has 132 valence electrons. The second-order valence-electron chi connectivity index (χ2n) is 6.65. The van der Waals surface area contributed by atoms with E-state index in [1.165, 1.54) is 5.56 Å². The van der Waals surface area contributed by atoms with Crippen LogP contribution in [0.5, 0.6) is 11.5 Å². The average molecular weight is 359 g/mol. The number of piperazine rings is 1. The Bertz CT molecular complexity index is 715. The van der Waals surface area contributed by atoms with Gasteiger partial charge in [0.15, 0.2) is 11.5 Å². The molecule has 0 saturated carbocycles. The number of rotatable bonds is 5. The largest absolute Gasteiger partial charge is 0.454 e. The lowest BCUT2D eigenvalue weighted by atomic mass is 10.1. The van der Waals surface area contributed by atoms with E-state index in [-0.39, 0.29) is 6.79 Å². The molecule has 0 unspecified atom stereocenters. The van der Waals surface area contributed by atoms with Crippen molar-refractivity contribution in [2.24, 2.45) is 0 Å². The Morgan fingerprint density at radius 3 is 2.32 bits per heavy atom. The van der Waals surface area contributed by atoms with Crippen LogP contribution in [0.15, 0.2) is 42.5 Å². The molecule has 2 aromatic carbocycles. The number of hydrogen-bond acceptors (Lipinski definition) is 4. The van der Waals surface area contributed by atoms with Crippen molar-refractivity contribution in [3.8, 4) is 11.5 Å². The maximum Gasteiger partial charge on any atom is 0.231 e. The molecule has 0 bridgehead atoms. The van der Waals surface area contributed by atoms with Crippen LogP contribution < -0.4 is 9.47 Å². The Morgan fingerprint density at radius 1 is 0.880 bits per heavy atom. The Labute approximate surface area is 153 Å². The van der Waals surface area contributed by atoms with E-state index in [4.69, 9.17) is 21.1 Å². The molecule has 0 aromatic heterocycles. The van der Waals surface area contributed by atoms with Gasteiger partial charge in [0, 0.05) is 50.4 Å². The highest BCUT2D eigenvalue weighted by atomic mass is 35.5. The fourth-order valence-electron chi connectivity index (χ4n) is 3.42. The van der Waals surface area contributed by atoms with E-state index in [1.807, 2.05) is 12.1 Å². The zero-order valence-electron chi connectivity index (χ0n) is 14.3. The molecule has 2 aliphatic rings. The van der Waals surface area contributed by atoms with E-state index < -0.39 is 0 Å². The zero-order chi connectivity index (χ0) is 17.1. The highest BCUT2D eigenvalue weighted by molar-refractivity contribution is 6.31. The Hall–Kier alpha value is -1.75. The van der Waals surface area contributed by atoms with Crippen molar-refractivity contribution in [3.05, 3.63) is 58.6 Å². The Balaban J connectivity index is 1.28. The number of fused-ring (bicyclic) bond motifs is 1. The third-order valence-corrected chi connectivity index (χ3v) is 5.31. The summed E-state index contributed by atoms with van der Waals surface area (Å²) >= 11 is 6.40. The van der Waals surface area contributed by atoms with Gasteiger partial charge in [-0.3, -0.25) is 4.90 Å². The lowest BCUT2D eigenvalue weighted by Crippen LogP contribution is -2.46. The Kier molecular flexibility index (Phi) is 5.11. The van der Waals surface area contributed by atoms with Crippen molar-refractivity contribution in [1.82, 2.24) is 9.80 Å². The van der Waals surface area contributed by atoms with E-state index in [1.54, 1.807) is 0 Å². The third kappa shape index (κ3) is 4.09.